The largest absolute Gasteiger partial charge is 0.497 e. The molecule has 22 heavy (non-hydrogen) atoms. The molecule has 0 bridgehead atoms. The normalized spacial score (nSPS) is 18.9. The molecule has 1 aliphatic carbocycles. The molecule has 2 amide bonds. The van der Waals surface area contributed by atoms with Gasteiger partial charge in [-0.3, -0.25) is 14.9 Å². The molecule has 2 aromatic rings. The van der Waals surface area contributed by atoms with Crippen molar-refractivity contribution in [3.8, 4) is 5.75 Å². The van der Waals surface area contributed by atoms with E-state index < -0.39 is 0 Å². The van der Waals surface area contributed by atoms with Gasteiger partial charge >= 0.3 is 0 Å². The van der Waals surface area contributed by atoms with Gasteiger partial charge in [0.2, 0.25) is 0 Å². The number of fused-ring (bicyclic) bond motifs is 2. The van der Waals surface area contributed by atoms with Crippen molar-refractivity contribution < 1.29 is 14.3 Å². The van der Waals surface area contributed by atoms with Crippen LogP contribution in [0.3, 0.4) is 0 Å². The number of imide groups is 1. The number of amides is 2. The van der Waals surface area contributed by atoms with Gasteiger partial charge in [0.1, 0.15) is 5.75 Å². The molecule has 0 radical (unpaired) electrons. The first-order valence-electron chi connectivity index (χ1n) is 7.31. The second-order valence-electron chi connectivity index (χ2n) is 5.79. The topological polar surface area (TPSA) is 55.4 Å². The molecule has 110 valence electrons. The van der Waals surface area contributed by atoms with Crippen LogP contribution in [0.2, 0.25) is 0 Å². The van der Waals surface area contributed by atoms with Crippen molar-refractivity contribution in [2.75, 3.05) is 7.11 Å². The molecule has 0 aromatic heterocycles. The van der Waals surface area contributed by atoms with Gasteiger partial charge in [0.05, 0.1) is 18.2 Å². The molecule has 0 saturated heterocycles. The number of carbonyl (C=O) groups excluding carboxylic acids is 2. The van der Waals surface area contributed by atoms with Gasteiger partial charge in [-0.2, -0.15) is 0 Å². The van der Waals surface area contributed by atoms with E-state index in [2.05, 4.69) is 17.4 Å². The Labute approximate surface area is 128 Å². The van der Waals surface area contributed by atoms with Crippen molar-refractivity contribution in [3.05, 3.63) is 64.2 Å². The lowest BCUT2D eigenvalue weighted by molar-refractivity contribution is 0.0879. The molecule has 1 aliphatic heterocycles. The molecule has 0 spiro atoms. The smallest absolute Gasteiger partial charge is 0.259 e. The minimum Gasteiger partial charge on any atom is -0.497 e. The zero-order valence-corrected chi connectivity index (χ0v) is 12.2. The Kier molecular flexibility index (Phi) is 2.79. The number of hydrogen-bond donors (Lipinski definition) is 1. The predicted octanol–water partition coefficient (Wildman–Crippen LogP) is 2.46. The van der Waals surface area contributed by atoms with E-state index in [0.717, 1.165) is 24.2 Å². The van der Waals surface area contributed by atoms with Gasteiger partial charge in [-0.05, 0) is 53.6 Å². The second kappa shape index (κ2) is 4.70. The van der Waals surface area contributed by atoms with Crippen LogP contribution in [0, 0.1) is 0 Å². The third-order valence-electron chi connectivity index (χ3n) is 4.58. The summed E-state index contributed by atoms with van der Waals surface area (Å²) in [6.07, 6.45) is 1.75. The van der Waals surface area contributed by atoms with Crippen LogP contribution in [0.25, 0.3) is 0 Å². The van der Waals surface area contributed by atoms with Crippen LogP contribution >= 0.6 is 0 Å². The van der Waals surface area contributed by atoms with Crippen molar-refractivity contribution >= 4 is 11.8 Å². The SMILES string of the molecule is COc1ccc2c(c1)CC(c1cccc3c1C(=O)NC3=O)C2. The molecule has 4 heteroatoms. The highest BCUT2D eigenvalue weighted by Gasteiger charge is 2.33. The zero-order chi connectivity index (χ0) is 15.3. The van der Waals surface area contributed by atoms with Gasteiger partial charge in [0.15, 0.2) is 0 Å². The highest BCUT2D eigenvalue weighted by atomic mass is 16.5. The number of rotatable bonds is 2. The van der Waals surface area contributed by atoms with E-state index in [1.54, 1.807) is 13.2 Å². The lowest BCUT2D eigenvalue weighted by Crippen LogP contribution is -2.20. The fourth-order valence-corrected chi connectivity index (χ4v) is 3.53. The molecule has 0 saturated carbocycles. The first-order chi connectivity index (χ1) is 10.7. The Morgan fingerprint density at radius 1 is 1.05 bits per heavy atom. The molecule has 1 unspecified atom stereocenters. The molecular formula is C18H15NO3. The summed E-state index contributed by atoms with van der Waals surface area (Å²) in [5, 5.41) is 2.39. The minimum atomic E-state index is -0.293. The maximum atomic E-state index is 12.1. The Morgan fingerprint density at radius 3 is 2.68 bits per heavy atom. The Morgan fingerprint density at radius 2 is 1.86 bits per heavy atom. The molecule has 2 aromatic carbocycles. The van der Waals surface area contributed by atoms with Crippen molar-refractivity contribution in [3.63, 3.8) is 0 Å². The number of carbonyl (C=O) groups is 2. The third kappa shape index (κ3) is 1.84. The minimum absolute atomic E-state index is 0.230. The van der Waals surface area contributed by atoms with Gasteiger partial charge in [-0.1, -0.05) is 18.2 Å². The van der Waals surface area contributed by atoms with Crippen LogP contribution in [-0.4, -0.2) is 18.9 Å². The maximum absolute atomic E-state index is 12.1. The Bertz CT molecular complexity index is 810. The van der Waals surface area contributed by atoms with Gasteiger partial charge in [0, 0.05) is 0 Å². The molecule has 1 heterocycles. The first kappa shape index (κ1) is 13.1. The summed E-state index contributed by atoms with van der Waals surface area (Å²) in [5.74, 6) is 0.516. The number of ether oxygens (including phenoxy) is 1. The molecule has 1 atom stereocenters. The Balaban J connectivity index is 1.74. The summed E-state index contributed by atoms with van der Waals surface area (Å²) in [4.78, 5) is 23.9. The van der Waals surface area contributed by atoms with Crippen LogP contribution in [-0.2, 0) is 12.8 Å². The van der Waals surface area contributed by atoms with E-state index in [9.17, 15) is 9.59 Å². The molecule has 4 rings (SSSR count). The summed E-state index contributed by atoms with van der Waals surface area (Å²) in [7, 11) is 1.66. The molecule has 0 fully saturated rings. The van der Waals surface area contributed by atoms with Crippen LogP contribution < -0.4 is 10.1 Å². The average molecular weight is 293 g/mol. The lowest BCUT2D eigenvalue weighted by atomic mass is 9.90. The van der Waals surface area contributed by atoms with Gasteiger partial charge in [-0.25, -0.2) is 0 Å². The van der Waals surface area contributed by atoms with Crippen LogP contribution in [0.1, 0.15) is 43.3 Å². The Hall–Kier alpha value is -2.62. The molecule has 2 aliphatic rings. The second-order valence-corrected chi connectivity index (χ2v) is 5.79. The van der Waals surface area contributed by atoms with Gasteiger partial charge in [-0.15, -0.1) is 0 Å². The summed E-state index contributed by atoms with van der Waals surface area (Å²) in [5.41, 5.74) is 4.56. The van der Waals surface area contributed by atoms with Gasteiger partial charge in [0.25, 0.3) is 11.8 Å². The van der Waals surface area contributed by atoms with Crippen molar-refractivity contribution in [1.29, 1.82) is 0 Å². The van der Waals surface area contributed by atoms with Crippen molar-refractivity contribution in [1.82, 2.24) is 5.32 Å². The molecular weight excluding hydrogens is 278 g/mol. The van der Waals surface area contributed by atoms with Crippen molar-refractivity contribution in [2.24, 2.45) is 0 Å². The number of benzene rings is 2. The lowest BCUT2D eigenvalue weighted by Gasteiger charge is -2.12. The van der Waals surface area contributed by atoms with E-state index in [1.165, 1.54) is 11.1 Å². The molecule has 1 N–H and O–H groups in total. The summed E-state index contributed by atoms with van der Waals surface area (Å²) < 4.78 is 5.28. The summed E-state index contributed by atoms with van der Waals surface area (Å²) in [6, 6.07) is 11.6. The monoisotopic (exact) mass is 293 g/mol. The highest BCUT2D eigenvalue weighted by molar-refractivity contribution is 6.22. The van der Waals surface area contributed by atoms with E-state index >= 15 is 0 Å². The molecule has 4 nitrogen and oxygen atoms in total. The summed E-state index contributed by atoms with van der Waals surface area (Å²) in [6.45, 7) is 0. The first-order valence-corrected chi connectivity index (χ1v) is 7.31. The van der Waals surface area contributed by atoms with Crippen LogP contribution in [0.15, 0.2) is 36.4 Å². The third-order valence-corrected chi connectivity index (χ3v) is 4.58. The van der Waals surface area contributed by atoms with E-state index in [4.69, 9.17) is 4.74 Å². The standard InChI is InChI=1S/C18H15NO3/c1-22-13-6-5-10-7-12(8-11(10)9-13)14-3-2-4-15-16(14)18(21)19-17(15)20/h2-6,9,12H,7-8H2,1H3,(H,19,20,21). The quantitative estimate of drug-likeness (QED) is 0.865. The number of methoxy groups -OCH3 is 1. The van der Waals surface area contributed by atoms with E-state index in [-0.39, 0.29) is 17.7 Å². The number of nitrogens with one attached hydrogen (secondary N) is 1. The zero-order valence-electron chi connectivity index (χ0n) is 12.2. The fourth-order valence-electron chi connectivity index (χ4n) is 3.53. The van der Waals surface area contributed by atoms with E-state index in [1.807, 2.05) is 18.2 Å². The van der Waals surface area contributed by atoms with Crippen LogP contribution in [0.4, 0.5) is 0 Å². The van der Waals surface area contributed by atoms with Crippen LogP contribution in [0.5, 0.6) is 5.75 Å². The van der Waals surface area contributed by atoms with Crippen molar-refractivity contribution in [2.45, 2.75) is 18.8 Å². The average Bonchev–Trinajstić information content (AvgIpc) is 3.08. The summed E-state index contributed by atoms with van der Waals surface area (Å²) >= 11 is 0. The van der Waals surface area contributed by atoms with Gasteiger partial charge < -0.3 is 4.74 Å². The van der Waals surface area contributed by atoms with E-state index in [0.29, 0.717) is 11.1 Å². The fraction of sp³-hybridized carbons (Fsp3) is 0.222. The number of hydrogen-bond acceptors (Lipinski definition) is 3. The predicted molar refractivity (Wildman–Crippen MR) is 81.4 cm³/mol. The maximum Gasteiger partial charge on any atom is 0.259 e. The highest BCUT2D eigenvalue weighted by Crippen LogP contribution is 2.38.